The number of nitrogens with one attached hydrogen (secondary N) is 1. The van der Waals surface area contributed by atoms with E-state index in [1.165, 1.54) is 0 Å². The first-order chi connectivity index (χ1) is 14.0. The fourth-order valence-electron chi connectivity index (χ4n) is 3.59. The molecule has 1 atom stereocenters. The number of H-pyrrole nitrogens is 1. The van der Waals surface area contributed by atoms with Crippen LogP contribution < -0.4 is 5.56 Å². The van der Waals surface area contributed by atoms with Gasteiger partial charge in [-0.15, -0.1) is 11.3 Å². The molecule has 7 nitrogen and oxygen atoms in total. The highest BCUT2D eigenvalue weighted by Gasteiger charge is 2.22. The molecule has 4 rings (SSSR count). The van der Waals surface area contributed by atoms with Gasteiger partial charge in [0, 0.05) is 19.9 Å². The van der Waals surface area contributed by atoms with Gasteiger partial charge in [-0.1, -0.05) is 6.07 Å². The van der Waals surface area contributed by atoms with Gasteiger partial charge in [0.25, 0.3) is 11.5 Å². The number of aryl methyl sites for hydroxylation is 1. The third kappa shape index (κ3) is 4.18. The van der Waals surface area contributed by atoms with Gasteiger partial charge in [-0.05, 0) is 48.9 Å². The number of pyridine rings is 1. The molecule has 0 radical (unpaired) electrons. The Morgan fingerprint density at radius 2 is 2.31 bits per heavy atom. The molecule has 0 bridgehead atoms. The number of ether oxygens (including phenoxy) is 1. The van der Waals surface area contributed by atoms with Gasteiger partial charge >= 0.3 is 0 Å². The molecule has 1 fully saturated rings. The van der Waals surface area contributed by atoms with E-state index in [4.69, 9.17) is 4.74 Å². The maximum absolute atomic E-state index is 13.1. The molecule has 8 heteroatoms. The van der Waals surface area contributed by atoms with Crippen molar-refractivity contribution in [3.63, 3.8) is 0 Å². The lowest BCUT2D eigenvalue weighted by Gasteiger charge is -2.19. The summed E-state index contributed by atoms with van der Waals surface area (Å²) in [5.41, 5.74) is 2.30. The molecule has 29 heavy (non-hydrogen) atoms. The fraction of sp³-hybridized carbons (Fsp3) is 0.381. The summed E-state index contributed by atoms with van der Waals surface area (Å²) in [4.78, 5) is 28.7. The van der Waals surface area contributed by atoms with Gasteiger partial charge in [0.1, 0.15) is 11.3 Å². The summed E-state index contributed by atoms with van der Waals surface area (Å²) in [5, 5.41) is 9.30. The van der Waals surface area contributed by atoms with Crippen LogP contribution in [0.25, 0.3) is 10.6 Å². The lowest BCUT2D eigenvalue weighted by molar-refractivity contribution is 0.0776. The number of nitrogens with zero attached hydrogens (tertiary/aromatic N) is 3. The van der Waals surface area contributed by atoms with Crippen LogP contribution in [0.15, 0.2) is 40.6 Å². The van der Waals surface area contributed by atoms with E-state index in [1.807, 2.05) is 29.6 Å². The van der Waals surface area contributed by atoms with Gasteiger partial charge in [-0.3, -0.25) is 14.7 Å². The van der Waals surface area contributed by atoms with E-state index >= 15 is 0 Å². The minimum Gasteiger partial charge on any atom is -0.376 e. The number of aromatic amines is 1. The van der Waals surface area contributed by atoms with E-state index in [2.05, 4.69) is 10.2 Å². The Labute approximate surface area is 172 Å². The van der Waals surface area contributed by atoms with E-state index in [0.717, 1.165) is 35.7 Å². The second-order valence-electron chi connectivity index (χ2n) is 7.38. The van der Waals surface area contributed by atoms with E-state index < -0.39 is 0 Å². The molecule has 0 aromatic carbocycles. The van der Waals surface area contributed by atoms with Crippen LogP contribution in [0.3, 0.4) is 0 Å². The highest BCUT2D eigenvalue weighted by Crippen LogP contribution is 2.23. The number of hydrogen-bond donors (Lipinski definition) is 1. The molecule has 1 aliphatic heterocycles. The summed E-state index contributed by atoms with van der Waals surface area (Å²) in [5.74, 6) is -0.290. The number of aromatic nitrogens is 3. The molecule has 1 aliphatic rings. The number of hydrogen-bond acceptors (Lipinski definition) is 5. The molecule has 0 spiro atoms. The predicted octanol–water partition coefficient (Wildman–Crippen LogP) is 3.06. The average Bonchev–Trinajstić information content (AvgIpc) is 3.46. The molecule has 1 unspecified atom stereocenters. The third-order valence-electron chi connectivity index (χ3n) is 5.17. The van der Waals surface area contributed by atoms with E-state index in [0.29, 0.717) is 18.7 Å². The Morgan fingerprint density at radius 3 is 3.03 bits per heavy atom. The molecular weight excluding hydrogens is 388 g/mol. The normalized spacial score (nSPS) is 16.3. The minimum atomic E-state index is -0.290. The Hall–Kier alpha value is -2.71. The first kappa shape index (κ1) is 19.6. The zero-order valence-electron chi connectivity index (χ0n) is 16.6. The molecule has 152 valence electrons. The second kappa shape index (κ2) is 8.34. The van der Waals surface area contributed by atoms with Crippen molar-refractivity contribution in [2.75, 3.05) is 13.7 Å². The van der Waals surface area contributed by atoms with Crippen LogP contribution in [0.1, 0.15) is 34.5 Å². The Balaban J connectivity index is 1.51. The van der Waals surface area contributed by atoms with Crippen molar-refractivity contribution >= 4 is 17.2 Å². The van der Waals surface area contributed by atoms with Gasteiger partial charge in [-0.2, -0.15) is 5.10 Å². The quantitative estimate of drug-likeness (QED) is 0.675. The van der Waals surface area contributed by atoms with Crippen LogP contribution in [-0.2, 0) is 17.8 Å². The van der Waals surface area contributed by atoms with Crippen LogP contribution >= 0.6 is 11.3 Å². The van der Waals surface area contributed by atoms with Crippen LogP contribution in [0, 0.1) is 6.92 Å². The average molecular weight is 413 g/mol. The van der Waals surface area contributed by atoms with E-state index in [9.17, 15) is 9.59 Å². The zero-order chi connectivity index (χ0) is 20.4. The number of carbonyl (C=O) groups is 1. The topological polar surface area (TPSA) is 80.2 Å². The standard InChI is InChI=1S/C21H24N4O3S/c1-14-7-8-25(13-16-5-3-9-28-16)21(27)19(14)20(26)24(2)12-15-11-17(23-22-15)18-6-4-10-29-18/h4,6-8,10-11,16H,3,5,9,12-13H2,1-2H3,(H,22,23). The van der Waals surface area contributed by atoms with Crippen LogP contribution in [0.4, 0.5) is 0 Å². The predicted molar refractivity (Wildman–Crippen MR) is 112 cm³/mol. The van der Waals surface area contributed by atoms with Crippen molar-refractivity contribution in [1.29, 1.82) is 0 Å². The molecule has 1 saturated heterocycles. The van der Waals surface area contributed by atoms with E-state index in [-0.39, 0.29) is 23.1 Å². The SMILES string of the molecule is Cc1ccn(CC2CCCO2)c(=O)c1C(=O)N(C)Cc1cc(-c2cccs2)n[nH]1. The lowest BCUT2D eigenvalue weighted by atomic mass is 10.1. The van der Waals surface area contributed by atoms with Crippen molar-refractivity contribution in [3.05, 3.63) is 63.0 Å². The fourth-order valence-corrected chi connectivity index (χ4v) is 4.27. The summed E-state index contributed by atoms with van der Waals surface area (Å²) < 4.78 is 7.23. The maximum atomic E-state index is 13.1. The second-order valence-corrected chi connectivity index (χ2v) is 8.33. The molecule has 0 aliphatic carbocycles. The summed E-state index contributed by atoms with van der Waals surface area (Å²) in [6, 6.07) is 7.73. The Bertz CT molecular complexity index is 1050. The number of rotatable bonds is 6. The Morgan fingerprint density at radius 1 is 1.45 bits per heavy atom. The molecular formula is C21H24N4O3S. The van der Waals surface area contributed by atoms with Gasteiger partial charge in [0.2, 0.25) is 0 Å². The number of thiophene rings is 1. The van der Waals surface area contributed by atoms with Crippen LogP contribution in [0.5, 0.6) is 0 Å². The van der Waals surface area contributed by atoms with Gasteiger partial charge in [0.15, 0.2) is 0 Å². The molecule has 1 amide bonds. The largest absolute Gasteiger partial charge is 0.376 e. The van der Waals surface area contributed by atoms with Gasteiger partial charge in [-0.25, -0.2) is 0 Å². The van der Waals surface area contributed by atoms with Crippen molar-refractivity contribution < 1.29 is 9.53 Å². The highest BCUT2D eigenvalue weighted by atomic mass is 32.1. The third-order valence-corrected chi connectivity index (χ3v) is 6.06. The van der Waals surface area contributed by atoms with Gasteiger partial charge < -0.3 is 14.2 Å². The molecule has 1 N–H and O–H groups in total. The summed E-state index contributed by atoms with van der Waals surface area (Å²) in [7, 11) is 1.70. The van der Waals surface area contributed by atoms with Crippen molar-refractivity contribution in [1.82, 2.24) is 19.7 Å². The van der Waals surface area contributed by atoms with Crippen molar-refractivity contribution in [3.8, 4) is 10.6 Å². The summed E-state index contributed by atoms with van der Waals surface area (Å²) in [6.45, 7) is 3.35. The summed E-state index contributed by atoms with van der Waals surface area (Å²) >= 11 is 1.61. The Kier molecular flexibility index (Phi) is 5.64. The maximum Gasteiger partial charge on any atom is 0.263 e. The number of amides is 1. The lowest BCUT2D eigenvalue weighted by Crippen LogP contribution is -2.36. The first-order valence-corrected chi connectivity index (χ1v) is 10.6. The van der Waals surface area contributed by atoms with Crippen LogP contribution in [-0.4, -0.2) is 45.3 Å². The van der Waals surface area contributed by atoms with Crippen molar-refractivity contribution in [2.45, 2.75) is 39.0 Å². The highest BCUT2D eigenvalue weighted by molar-refractivity contribution is 7.13. The van der Waals surface area contributed by atoms with Crippen molar-refractivity contribution in [2.24, 2.45) is 0 Å². The number of carbonyl (C=O) groups excluding carboxylic acids is 1. The molecule has 4 heterocycles. The molecule has 0 saturated carbocycles. The zero-order valence-corrected chi connectivity index (χ0v) is 17.4. The molecule has 3 aromatic heterocycles. The minimum absolute atomic E-state index is 0.0387. The van der Waals surface area contributed by atoms with E-state index in [1.54, 1.807) is 41.0 Å². The summed E-state index contributed by atoms with van der Waals surface area (Å²) in [6.07, 6.45) is 3.74. The monoisotopic (exact) mass is 412 g/mol. The first-order valence-electron chi connectivity index (χ1n) is 9.68. The molecule has 3 aromatic rings. The van der Waals surface area contributed by atoms with Gasteiger partial charge in [0.05, 0.1) is 29.8 Å². The smallest absolute Gasteiger partial charge is 0.263 e. The van der Waals surface area contributed by atoms with Crippen LogP contribution in [0.2, 0.25) is 0 Å².